The maximum absolute atomic E-state index is 3.51. The lowest BCUT2D eigenvalue weighted by Crippen LogP contribution is -2.36. The van der Waals surface area contributed by atoms with Gasteiger partial charge in [-0.25, -0.2) is 0 Å². The van der Waals surface area contributed by atoms with Gasteiger partial charge in [-0.2, -0.15) is 0 Å². The van der Waals surface area contributed by atoms with Gasteiger partial charge in [0.1, 0.15) is 0 Å². The van der Waals surface area contributed by atoms with Crippen LogP contribution in [0.1, 0.15) is 27.7 Å². The molecular weight excluding hydrogens is 164 g/mol. The lowest BCUT2D eigenvalue weighted by molar-refractivity contribution is 0.286. The van der Waals surface area contributed by atoms with Crippen LogP contribution in [-0.4, -0.2) is 40.3 Å². The minimum Gasteiger partial charge on any atom is -0.308 e. The molecule has 0 aliphatic carbocycles. The molecule has 0 aromatic carbocycles. The lowest BCUT2D eigenvalue weighted by atomic mass is 10.5. The van der Waals surface area contributed by atoms with Crippen molar-refractivity contribution in [2.45, 2.75) is 33.2 Å². The van der Waals surface area contributed by atoms with Crippen LogP contribution in [0.25, 0.3) is 0 Å². The van der Waals surface area contributed by atoms with Crippen LogP contribution < -0.4 is 5.32 Å². The summed E-state index contributed by atoms with van der Waals surface area (Å²) >= 11 is 0. The monoisotopic (exact) mass is 188 g/mol. The van der Waals surface area contributed by atoms with E-state index < -0.39 is 0 Å². The average molecular weight is 188 g/mol. The smallest absolute Gasteiger partial charge is 0.0477 e. The molecule has 0 aliphatic heterocycles. The van der Waals surface area contributed by atoms with Crippen molar-refractivity contribution in [2.24, 2.45) is 0 Å². The van der Waals surface area contributed by atoms with E-state index in [9.17, 15) is 0 Å². The molecule has 0 unspecified atom stereocenters. The second kappa shape index (κ2) is 7.77. The Balaban J connectivity index is 3.17. The van der Waals surface area contributed by atoms with Crippen molar-refractivity contribution in [3.8, 4) is 0 Å². The Morgan fingerprint density at radius 1 is 1.25 bits per heavy atom. The molecule has 0 aliphatic rings. The van der Waals surface area contributed by atoms with Gasteiger partial charge in [-0.3, -0.25) is 4.90 Å². The largest absolute Gasteiger partial charge is 0.308 e. The first-order chi connectivity index (χ1) is 5.70. The number of hydrogen-bond acceptors (Lipinski definition) is 2. The number of nitrogens with zero attached hydrogens (tertiary/aromatic N) is 1. The highest BCUT2D eigenvalue weighted by Crippen LogP contribution is 1.94. The van der Waals surface area contributed by atoms with Crippen LogP contribution in [0, 0.1) is 0 Å². The second-order valence-electron chi connectivity index (χ2n) is 3.64. The zero-order valence-electron chi connectivity index (χ0n) is 9.06. The SMILES string of the molecule is CCN(CC)CNC[SiH2]C(C)C. The fraction of sp³-hybridized carbons (Fsp3) is 1.00. The number of rotatable bonds is 7. The highest BCUT2D eigenvalue weighted by Gasteiger charge is 1.98. The fourth-order valence-electron chi connectivity index (χ4n) is 1.08. The average Bonchev–Trinajstić information content (AvgIpc) is 2.04. The van der Waals surface area contributed by atoms with Crippen LogP contribution in [0.4, 0.5) is 0 Å². The summed E-state index contributed by atoms with van der Waals surface area (Å²) in [7, 11) is 0.150. The van der Waals surface area contributed by atoms with Crippen molar-refractivity contribution >= 4 is 9.52 Å². The summed E-state index contributed by atoms with van der Waals surface area (Å²) in [4.78, 5) is 2.41. The molecule has 0 heterocycles. The standard InChI is InChI=1S/C9H24N2Si/c1-5-11(6-2)7-10-8-12-9(3)4/h9-10H,5-8,12H2,1-4H3. The Kier molecular flexibility index (Phi) is 7.86. The Hall–Kier alpha value is 0.137. The third kappa shape index (κ3) is 6.82. The maximum atomic E-state index is 3.51. The molecule has 0 rings (SSSR count). The quantitative estimate of drug-likeness (QED) is 0.362. The fourth-order valence-corrected chi connectivity index (χ4v) is 2.01. The summed E-state index contributed by atoms with van der Waals surface area (Å²) in [5, 5.41) is 3.51. The van der Waals surface area contributed by atoms with E-state index in [0.29, 0.717) is 0 Å². The van der Waals surface area contributed by atoms with Gasteiger partial charge in [0.2, 0.25) is 0 Å². The summed E-state index contributed by atoms with van der Waals surface area (Å²) < 4.78 is 0. The predicted molar refractivity (Wildman–Crippen MR) is 59.4 cm³/mol. The van der Waals surface area contributed by atoms with Crippen LogP contribution >= 0.6 is 0 Å². The van der Waals surface area contributed by atoms with Gasteiger partial charge in [0.25, 0.3) is 0 Å². The molecule has 0 atom stereocenters. The van der Waals surface area contributed by atoms with E-state index in [0.717, 1.165) is 25.3 Å². The maximum Gasteiger partial charge on any atom is 0.0477 e. The third-order valence-electron chi connectivity index (χ3n) is 2.13. The Bertz CT molecular complexity index is 92.5. The summed E-state index contributed by atoms with van der Waals surface area (Å²) in [5.74, 6) is 0. The molecule has 0 saturated heterocycles. The number of hydrogen-bond donors (Lipinski definition) is 1. The number of nitrogens with one attached hydrogen (secondary N) is 1. The van der Waals surface area contributed by atoms with Crippen LogP contribution in [0.2, 0.25) is 5.54 Å². The topological polar surface area (TPSA) is 15.3 Å². The molecular formula is C9H24N2Si. The van der Waals surface area contributed by atoms with Gasteiger partial charge in [0.15, 0.2) is 0 Å². The second-order valence-corrected chi connectivity index (χ2v) is 6.35. The van der Waals surface area contributed by atoms with E-state index in [4.69, 9.17) is 0 Å². The highest BCUT2D eigenvalue weighted by molar-refractivity contribution is 6.37. The molecule has 12 heavy (non-hydrogen) atoms. The van der Waals surface area contributed by atoms with E-state index in [-0.39, 0.29) is 9.52 Å². The van der Waals surface area contributed by atoms with E-state index in [1.165, 1.54) is 6.17 Å². The minimum absolute atomic E-state index is 0.150. The van der Waals surface area contributed by atoms with Crippen molar-refractivity contribution in [2.75, 3.05) is 25.9 Å². The summed E-state index contributed by atoms with van der Waals surface area (Å²) in [6, 6.07) is 0. The molecule has 0 fully saturated rings. The van der Waals surface area contributed by atoms with Gasteiger partial charge >= 0.3 is 0 Å². The van der Waals surface area contributed by atoms with Crippen molar-refractivity contribution in [3.05, 3.63) is 0 Å². The van der Waals surface area contributed by atoms with Gasteiger partial charge in [-0.05, 0) is 19.3 Å². The molecule has 1 N–H and O–H groups in total. The van der Waals surface area contributed by atoms with Crippen molar-refractivity contribution in [3.63, 3.8) is 0 Å². The van der Waals surface area contributed by atoms with Crippen molar-refractivity contribution < 1.29 is 0 Å². The summed E-state index contributed by atoms with van der Waals surface area (Å²) in [6.45, 7) is 12.5. The molecule has 0 spiro atoms. The molecule has 2 nitrogen and oxygen atoms in total. The molecule has 0 bridgehead atoms. The van der Waals surface area contributed by atoms with Crippen molar-refractivity contribution in [1.29, 1.82) is 0 Å². The molecule has 3 heteroatoms. The van der Waals surface area contributed by atoms with Gasteiger partial charge in [-0.1, -0.05) is 33.2 Å². The van der Waals surface area contributed by atoms with Crippen LogP contribution in [0.3, 0.4) is 0 Å². The highest BCUT2D eigenvalue weighted by atomic mass is 28.2. The lowest BCUT2D eigenvalue weighted by Gasteiger charge is -2.18. The van der Waals surface area contributed by atoms with Gasteiger partial charge in [0.05, 0.1) is 0 Å². The first-order valence-electron chi connectivity index (χ1n) is 5.13. The molecule has 0 aromatic rings. The predicted octanol–water partition coefficient (Wildman–Crippen LogP) is 0.830. The van der Waals surface area contributed by atoms with Crippen LogP contribution in [0.15, 0.2) is 0 Å². The summed E-state index contributed by atoms with van der Waals surface area (Å²) in [5.41, 5.74) is 0.953. The first-order valence-corrected chi connectivity index (χ1v) is 6.95. The van der Waals surface area contributed by atoms with Crippen molar-refractivity contribution in [1.82, 2.24) is 10.2 Å². The van der Waals surface area contributed by atoms with E-state index in [1.54, 1.807) is 0 Å². The Morgan fingerprint density at radius 2 is 1.83 bits per heavy atom. The minimum atomic E-state index is 0.150. The zero-order valence-corrected chi connectivity index (χ0v) is 10.5. The van der Waals surface area contributed by atoms with E-state index >= 15 is 0 Å². The van der Waals surface area contributed by atoms with E-state index in [2.05, 4.69) is 37.9 Å². The zero-order chi connectivity index (χ0) is 9.40. The van der Waals surface area contributed by atoms with Gasteiger partial charge in [0, 0.05) is 16.2 Å². The molecule has 0 aromatic heterocycles. The molecule has 74 valence electrons. The van der Waals surface area contributed by atoms with E-state index in [1.807, 2.05) is 0 Å². The first kappa shape index (κ1) is 12.1. The molecule has 0 amide bonds. The van der Waals surface area contributed by atoms with Crippen LogP contribution in [0.5, 0.6) is 0 Å². The normalized spacial score (nSPS) is 12.5. The third-order valence-corrected chi connectivity index (χ3v) is 3.93. The molecule has 0 radical (unpaired) electrons. The Morgan fingerprint density at radius 3 is 2.25 bits per heavy atom. The van der Waals surface area contributed by atoms with Crippen LogP contribution in [-0.2, 0) is 0 Å². The van der Waals surface area contributed by atoms with Gasteiger partial charge < -0.3 is 5.32 Å². The Labute approximate surface area is 79.5 Å². The van der Waals surface area contributed by atoms with Gasteiger partial charge in [-0.15, -0.1) is 0 Å². The molecule has 0 saturated carbocycles. The summed E-state index contributed by atoms with van der Waals surface area (Å²) in [6.07, 6.45) is 1.29.